The van der Waals surface area contributed by atoms with Crippen LogP contribution in [0.5, 0.6) is 0 Å². The van der Waals surface area contributed by atoms with Crippen LogP contribution in [-0.2, 0) is 0 Å². The number of carbonyl (C=O) groups excluding carboxylic acids is 1. The van der Waals surface area contributed by atoms with Crippen molar-refractivity contribution in [2.75, 3.05) is 12.4 Å². The standard InChI is InChI=1S/C13H18N4O2/c1-14-12-7-15-11(6-16-12)13(19)17-8-2-3-9(17)5-10(18)4-8/h6-10,18H,2-5H2,1H3,(H,14,16). The molecule has 2 unspecified atom stereocenters. The number of aromatic nitrogens is 2. The summed E-state index contributed by atoms with van der Waals surface area (Å²) in [6.07, 6.45) is 6.14. The molecule has 0 radical (unpaired) electrons. The van der Waals surface area contributed by atoms with Gasteiger partial charge in [0.25, 0.3) is 5.91 Å². The maximum Gasteiger partial charge on any atom is 0.274 e. The number of piperidine rings is 1. The lowest BCUT2D eigenvalue weighted by molar-refractivity contribution is 0.0282. The molecule has 2 atom stereocenters. The van der Waals surface area contributed by atoms with E-state index in [1.807, 2.05) is 4.90 Å². The Hall–Kier alpha value is -1.69. The summed E-state index contributed by atoms with van der Waals surface area (Å²) in [5.74, 6) is 0.586. The number of carbonyl (C=O) groups is 1. The Balaban J connectivity index is 1.80. The number of hydrogen-bond acceptors (Lipinski definition) is 5. The van der Waals surface area contributed by atoms with Crippen LogP contribution in [0.1, 0.15) is 36.2 Å². The molecule has 0 saturated carbocycles. The number of anilines is 1. The number of hydrogen-bond donors (Lipinski definition) is 2. The third-order valence-electron chi connectivity index (χ3n) is 4.07. The Morgan fingerprint density at radius 2 is 2.00 bits per heavy atom. The zero-order chi connectivity index (χ0) is 13.4. The van der Waals surface area contributed by atoms with E-state index in [0.29, 0.717) is 24.4 Å². The van der Waals surface area contributed by atoms with Crippen molar-refractivity contribution in [2.45, 2.75) is 43.9 Å². The molecule has 19 heavy (non-hydrogen) atoms. The maximum absolute atomic E-state index is 12.5. The number of fused-ring (bicyclic) bond motifs is 2. The predicted molar refractivity (Wildman–Crippen MR) is 69.8 cm³/mol. The summed E-state index contributed by atoms with van der Waals surface area (Å²) in [5.41, 5.74) is 0.382. The van der Waals surface area contributed by atoms with Gasteiger partial charge in [0.05, 0.1) is 18.5 Å². The van der Waals surface area contributed by atoms with E-state index in [0.717, 1.165) is 12.8 Å². The molecule has 2 bridgehead atoms. The molecule has 0 aromatic carbocycles. The molecule has 2 saturated heterocycles. The maximum atomic E-state index is 12.5. The van der Waals surface area contributed by atoms with Crippen molar-refractivity contribution in [3.63, 3.8) is 0 Å². The van der Waals surface area contributed by atoms with E-state index < -0.39 is 0 Å². The SMILES string of the molecule is CNc1cnc(C(=O)N2C3CCC2CC(O)C3)cn1. The fourth-order valence-electron chi connectivity index (χ4n) is 3.18. The highest BCUT2D eigenvalue weighted by Crippen LogP contribution is 2.36. The second-order valence-electron chi connectivity index (χ2n) is 5.26. The second-order valence-corrected chi connectivity index (χ2v) is 5.26. The van der Waals surface area contributed by atoms with E-state index in [-0.39, 0.29) is 24.1 Å². The molecule has 2 fully saturated rings. The minimum atomic E-state index is -0.265. The van der Waals surface area contributed by atoms with Gasteiger partial charge < -0.3 is 15.3 Å². The predicted octanol–water partition coefficient (Wildman–Crippen LogP) is 0.646. The van der Waals surface area contributed by atoms with Gasteiger partial charge in [-0.05, 0) is 25.7 Å². The average Bonchev–Trinajstić information content (AvgIpc) is 2.70. The number of aliphatic hydroxyl groups excluding tert-OH is 1. The molecule has 3 heterocycles. The lowest BCUT2D eigenvalue weighted by atomic mass is 9.99. The van der Waals surface area contributed by atoms with Crippen molar-refractivity contribution < 1.29 is 9.90 Å². The Morgan fingerprint density at radius 3 is 2.53 bits per heavy atom. The summed E-state index contributed by atoms with van der Waals surface area (Å²) in [4.78, 5) is 22.7. The van der Waals surface area contributed by atoms with Crippen molar-refractivity contribution >= 4 is 11.7 Å². The van der Waals surface area contributed by atoms with Crippen LogP contribution in [0.25, 0.3) is 0 Å². The molecule has 6 nitrogen and oxygen atoms in total. The van der Waals surface area contributed by atoms with Crippen LogP contribution in [0, 0.1) is 0 Å². The highest BCUT2D eigenvalue weighted by molar-refractivity contribution is 5.92. The van der Waals surface area contributed by atoms with E-state index in [1.54, 1.807) is 13.2 Å². The van der Waals surface area contributed by atoms with Crippen molar-refractivity contribution in [2.24, 2.45) is 0 Å². The molecule has 0 spiro atoms. The molecule has 2 N–H and O–H groups in total. The van der Waals surface area contributed by atoms with Gasteiger partial charge in [0, 0.05) is 19.1 Å². The molecule has 6 heteroatoms. The number of rotatable bonds is 2. The zero-order valence-electron chi connectivity index (χ0n) is 10.9. The number of nitrogens with zero attached hydrogens (tertiary/aromatic N) is 3. The monoisotopic (exact) mass is 262 g/mol. The fourth-order valence-corrected chi connectivity index (χ4v) is 3.18. The molecular weight excluding hydrogens is 244 g/mol. The van der Waals surface area contributed by atoms with Crippen LogP contribution in [0.2, 0.25) is 0 Å². The molecular formula is C13H18N4O2. The minimum absolute atomic E-state index is 0.0606. The van der Waals surface area contributed by atoms with Crippen molar-refractivity contribution in [3.8, 4) is 0 Å². The molecule has 0 aliphatic carbocycles. The first-order chi connectivity index (χ1) is 9.19. The molecule has 1 aromatic heterocycles. The highest BCUT2D eigenvalue weighted by Gasteiger charge is 2.43. The lowest BCUT2D eigenvalue weighted by Crippen LogP contribution is -2.48. The quantitative estimate of drug-likeness (QED) is 0.818. The summed E-state index contributed by atoms with van der Waals surface area (Å²) in [6.45, 7) is 0. The molecule has 102 valence electrons. The summed E-state index contributed by atoms with van der Waals surface area (Å²) in [7, 11) is 1.76. The van der Waals surface area contributed by atoms with Gasteiger partial charge in [0.2, 0.25) is 0 Å². The van der Waals surface area contributed by atoms with Crippen molar-refractivity contribution in [1.82, 2.24) is 14.9 Å². The van der Waals surface area contributed by atoms with Gasteiger partial charge in [-0.25, -0.2) is 9.97 Å². The summed E-state index contributed by atoms with van der Waals surface area (Å²) in [5, 5.41) is 12.6. The molecule has 3 rings (SSSR count). The number of aliphatic hydroxyl groups is 1. The first kappa shape index (κ1) is 12.3. The van der Waals surface area contributed by atoms with Gasteiger partial charge in [-0.2, -0.15) is 0 Å². The van der Waals surface area contributed by atoms with Crippen molar-refractivity contribution in [3.05, 3.63) is 18.1 Å². The first-order valence-electron chi connectivity index (χ1n) is 6.69. The summed E-state index contributed by atoms with van der Waals surface area (Å²) < 4.78 is 0. The fraction of sp³-hybridized carbons (Fsp3) is 0.615. The normalized spacial score (nSPS) is 29.4. The first-order valence-corrected chi connectivity index (χ1v) is 6.69. The van der Waals surface area contributed by atoms with Gasteiger partial charge in [-0.15, -0.1) is 0 Å². The third-order valence-corrected chi connectivity index (χ3v) is 4.07. The Bertz CT molecular complexity index is 462. The van der Waals surface area contributed by atoms with Crippen LogP contribution < -0.4 is 5.32 Å². The highest BCUT2D eigenvalue weighted by atomic mass is 16.3. The van der Waals surface area contributed by atoms with Gasteiger partial charge in [0.1, 0.15) is 11.5 Å². The Morgan fingerprint density at radius 1 is 1.32 bits per heavy atom. The van der Waals surface area contributed by atoms with Crippen LogP contribution in [0.4, 0.5) is 5.82 Å². The average molecular weight is 262 g/mol. The molecule has 2 aliphatic heterocycles. The van der Waals surface area contributed by atoms with Gasteiger partial charge >= 0.3 is 0 Å². The van der Waals surface area contributed by atoms with E-state index in [9.17, 15) is 9.90 Å². The van der Waals surface area contributed by atoms with Crippen LogP contribution in [0.15, 0.2) is 12.4 Å². The van der Waals surface area contributed by atoms with Crippen LogP contribution in [-0.4, -0.2) is 51.1 Å². The second kappa shape index (κ2) is 4.77. The third kappa shape index (κ3) is 2.16. The van der Waals surface area contributed by atoms with E-state index >= 15 is 0 Å². The molecule has 1 amide bonds. The zero-order valence-corrected chi connectivity index (χ0v) is 10.9. The van der Waals surface area contributed by atoms with Gasteiger partial charge in [-0.3, -0.25) is 4.79 Å². The van der Waals surface area contributed by atoms with E-state index in [1.165, 1.54) is 6.20 Å². The van der Waals surface area contributed by atoms with Crippen LogP contribution in [0.3, 0.4) is 0 Å². The molecule has 1 aromatic rings. The molecule has 2 aliphatic rings. The number of amides is 1. The van der Waals surface area contributed by atoms with Gasteiger partial charge in [0.15, 0.2) is 0 Å². The Labute approximate surface area is 111 Å². The topological polar surface area (TPSA) is 78.4 Å². The summed E-state index contributed by atoms with van der Waals surface area (Å²) in [6, 6.07) is 0.319. The largest absolute Gasteiger partial charge is 0.393 e. The van der Waals surface area contributed by atoms with E-state index in [4.69, 9.17) is 0 Å². The van der Waals surface area contributed by atoms with E-state index in [2.05, 4.69) is 15.3 Å². The number of nitrogens with one attached hydrogen (secondary N) is 1. The lowest BCUT2D eigenvalue weighted by Gasteiger charge is -2.36. The summed E-state index contributed by atoms with van der Waals surface area (Å²) >= 11 is 0. The van der Waals surface area contributed by atoms with Crippen LogP contribution >= 0.6 is 0 Å². The van der Waals surface area contributed by atoms with Crippen molar-refractivity contribution in [1.29, 1.82) is 0 Å². The smallest absolute Gasteiger partial charge is 0.274 e. The Kier molecular flexibility index (Phi) is 3.10. The van der Waals surface area contributed by atoms with Gasteiger partial charge in [-0.1, -0.05) is 0 Å². The minimum Gasteiger partial charge on any atom is -0.393 e.